The lowest BCUT2D eigenvalue weighted by molar-refractivity contribution is -0.125. The summed E-state index contributed by atoms with van der Waals surface area (Å²) >= 11 is 0. The fourth-order valence-corrected chi connectivity index (χ4v) is 3.48. The lowest BCUT2D eigenvalue weighted by atomic mass is 9.78. The van der Waals surface area contributed by atoms with Crippen LogP contribution in [-0.4, -0.2) is 48.2 Å². The molecule has 0 radical (unpaired) electrons. The molecule has 0 aromatic heterocycles. The first-order valence-electron chi connectivity index (χ1n) is 7.49. The van der Waals surface area contributed by atoms with Gasteiger partial charge >= 0.3 is 0 Å². The molecule has 4 N–H and O–H groups in total. The zero-order chi connectivity index (χ0) is 13.9. The number of piperidine rings is 1. The van der Waals surface area contributed by atoms with Gasteiger partial charge in [-0.3, -0.25) is 9.69 Å². The molecule has 0 aromatic rings. The monoisotopic (exact) mass is 269 g/mol. The van der Waals surface area contributed by atoms with E-state index >= 15 is 0 Å². The summed E-state index contributed by atoms with van der Waals surface area (Å²) in [6.07, 6.45) is 6.16. The highest BCUT2D eigenvalue weighted by Gasteiger charge is 2.40. The number of likely N-dealkylation sites (tertiary alicyclic amines) is 1. The first-order chi connectivity index (χ1) is 9.05. The fraction of sp³-hybridized carbons (Fsp3) is 0.929. The van der Waals surface area contributed by atoms with Crippen LogP contribution in [-0.2, 0) is 9.53 Å². The predicted molar refractivity (Wildman–Crippen MR) is 74.6 cm³/mol. The second-order valence-corrected chi connectivity index (χ2v) is 5.99. The zero-order valence-electron chi connectivity index (χ0n) is 11.9. The van der Waals surface area contributed by atoms with Crippen LogP contribution in [0.2, 0.25) is 0 Å². The normalized spacial score (nSPS) is 37.2. The van der Waals surface area contributed by atoms with Crippen molar-refractivity contribution < 1.29 is 9.53 Å². The molecule has 1 heterocycles. The Hall–Kier alpha value is -0.650. The molecule has 5 heteroatoms. The molecule has 2 fully saturated rings. The summed E-state index contributed by atoms with van der Waals surface area (Å²) in [5, 5.41) is 0. The molecule has 110 valence electrons. The molecule has 19 heavy (non-hydrogen) atoms. The third-order valence-electron chi connectivity index (χ3n) is 4.58. The molecule has 1 aliphatic heterocycles. The summed E-state index contributed by atoms with van der Waals surface area (Å²) in [6, 6.07) is 0.384. The van der Waals surface area contributed by atoms with Gasteiger partial charge in [0.15, 0.2) is 0 Å². The van der Waals surface area contributed by atoms with Crippen LogP contribution in [0.25, 0.3) is 0 Å². The van der Waals surface area contributed by atoms with E-state index < -0.39 is 5.54 Å². The van der Waals surface area contributed by atoms with Crippen molar-refractivity contribution in [1.82, 2.24) is 4.90 Å². The Morgan fingerprint density at radius 1 is 1.42 bits per heavy atom. The highest BCUT2D eigenvalue weighted by molar-refractivity contribution is 5.84. The number of ether oxygens (including phenoxy) is 1. The van der Waals surface area contributed by atoms with Crippen LogP contribution in [0.4, 0.5) is 0 Å². The van der Waals surface area contributed by atoms with E-state index in [1.54, 1.807) is 0 Å². The van der Waals surface area contributed by atoms with Gasteiger partial charge in [-0.25, -0.2) is 0 Å². The van der Waals surface area contributed by atoms with Crippen molar-refractivity contribution >= 4 is 5.91 Å². The number of hydrogen-bond acceptors (Lipinski definition) is 4. The standard InChI is InChI=1S/C14H27N3O2/c1-2-19-12-6-4-8-17(10-12)11-5-3-7-14(16,9-11)13(15)18/h11-12H,2-10,16H2,1H3,(H2,15,18). The van der Waals surface area contributed by atoms with Crippen molar-refractivity contribution in [1.29, 1.82) is 0 Å². The number of carbonyl (C=O) groups is 1. The Balaban J connectivity index is 1.95. The molecule has 0 bridgehead atoms. The minimum atomic E-state index is -0.804. The smallest absolute Gasteiger partial charge is 0.237 e. The van der Waals surface area contributed by atoms with Crippen LogP contribution in [0.1, 0.15) is 45.4 Å². The number of rotatable bonds is 4. The topological polar surface area (TPSA) is 81.6 Å². The van der Waals surface area contributed by atoms with Gasteiger partial charge < -0.3 is 16.2 Å². The molecule has 1 amide bonds. The second-order valence-electron chi connectivity index (χ2n) is 5.99. The third kappa shape index (κ3) is 3.46. The lowest BCUT2D eigenvalue weighted by Gasteiger charge is -2.44. The number of amides is 1. The molecule has 1 saturated heterocycles. The molecule has 0 spiro atoms. The average Bonchev–Trinajstić information content (AvgIpc) is 2.39. The van der Waals surface area contributed by atoms with E-state index in [1.165, 1.54) is 0 Å². The van der Waals surface area contributed by atoms with Gasteiger partial charge in [0.25, 0.3) is 0 Å². The summed E-state index contributed by atoms with van der Waals surface area (Å²) in [5.74, 6) is -0.351. The molecule has 5 nitrogen and oxygen atoms in total. The molecule has 0 aromatic carbocycles. The largest absolute Gasteiger partial charge is 0.377 e. The van der Waals surface area contributed by atoms with Crippen LogP contribution in [0, 0.1) is 0 Å². The zero-order valence-corrected chi connectivity index (χ0v) is 11.9. The van der Waals surface area contributed by atoms with E-state index in [2.05, 4.69) is 4.90 Å². The van der Waals surface area contributed by atoms with E-state index in [9.17, 15) is 4.79 Å². The minimum Gasteiger partial charge on any atom is -0.377 e. The van der Waals surface area contributed by atoms with Crippen molar-refractivity contribution in [2.75, 3.05) is 19.7 Å². The van der Waals surface area contributed by atoms with Gasteiger partial charge in [0.05, 0.1) is 11.6 Å². The molecule has 3 atom stereocenters. The van der Waals surface area contributed by atoms with E-state index in [1.807, 2.05) is 6.92 Å². The summed E-state index contributed by atoms with van der Waals surface area (Å²) in [5.41, 5.74) is 10.8. The predicted octanol–water partition coefficient (Wildman–Crippen LogP) is 0.613. The van der Waals surface area contributed by atoms with Crippen LogP contribution in [0.15, 0.2) is 0 Å². The molecule has 1 aliphatic carbocycles. The van der Waals surface area contributed by atoms with Crippen molar-refractivity contribution in [3.63, 3.8) is 0 Å². The first-order valence-corrected chi connectivity index (χ1v) is 7.49. The number of carbonyl (C=O) groups excluding carboxylic acids is 1. The Kier molecular flexibility index (Phi) is 4.81. The number of hydrogen-bond donors (Lipinski definition) is 2. The van der Waals surface area contributed by atoms with Gasteiger partial charge in [-0.1, -0.05) is 0 Å². The quantitative estimate of drug-likeness (QED) is 0.783. The van der Waals surface area contributed by atoms with Gasteiger partial charge in [-0.2, -0.15) is 0 Å². The van der Waals surface area contributed by atoms with Gasteiger partial charge in [0.1, 0.15) is 0 Å². The van der Waals surface area contributed by atoms with E-state index in [4.69, 9.17) is 16.2 Å². The maximum absolute atomic E-state index is 11.5. The van der Waals surface area contributed by atoms with Crippen LogP contribution < -0.4 is 11.5 Å². The highest BCUT2D eigenvalue weighted by atomic mass is 16.5. The number of primary amides is 1. The molecular formula is C14H27N3O2. The van der Waals surface area contributed by atoms with Gasteiger partial charge in [-0.05, 0) is 52.0 Å². The molecule has 3 unspecified atom stereocenters. The van der Waals surface area contributed by atoms with Crippen molar-refractivity contribution in [2.24, 2.45) is 11.5 Å². The van der Waals surface area contributed by atoms with Crippen LogP contribution >= 0.6 is 0 Å². The fourth-order valence-electron chi connectivity index (χ4n) is 3.48. The summed E-state index contributed by atoms with van der Waals surface area (Å²) in [6.45, 7) is 4.86. The Morgan fingerprint density at radius 3 is 2.89 bits per heavy atom. The average molecular weight is 269 g/mol. The molecular weight excluding hydrogens is 242 g/mol. The minimum absolute atomic E-state index is 0.335. The van der Waals surface area contributed by atoms with Gasteiger partial charge in [0, 0.05) is 19.2 Å². The van der Waals surface area contributed by atoms with Crippen molar-refractivity contribution in [2.45, 2.75) is 63.1 Å². The first kappa shape index (κ1) is 14.8. The number of nitrogens with two attached hydrogens (primary N) is 2. The van der Waals surface area contributed by atoms with Crippen LogP contribution in [0.5, 0.6) is 0 Å². The van der Waals surface area contributed by atoms with E-state index in [0.29, 0.717) is 18.6 Å². The van der Waals surface area contributed by atoms with E-state index in [-0.39, 0.29) is 5.91 Å². The molecule has 2 rings (SSSR count). The van der Waals surface area contributed by atoms with Gasteiger partial charge in [-0.15, -0.1) is 0 Å². The van der Waals surface area contributed by atoms with Crippen molar-refractivity contribution in [3.05, 3.63) is 0 Å². The Bertz CT molecular complexity index is 322. The van der Waals surface area contributed by atoms with E-state index in [0.717, 1.165) is 51.8 Å². The van der Waals surface area contributed by atoms with Crippen molar-refractivity contribution in [3.8, 4) is 0 Å². The molecule has 2 aliphatic rings. The van der Waals surface area contributed by atoms with Crippen LogP contribution in [0.3, 0.4) is 0 Å². The summed E-state index contributed by atoms with van der Waals surface area (Å²) in [7, 11) is 0. The lowest BCUT2D eigenvalue weighted by Crippen LogP contribution is -2.59. The highest BCUT2D eigenvalue weighted by Crippen LogP contribution is 2.31. The Labute approximate surface area is 115 Å². The van der Waals surface area contributed by atoms with Gasteiger partial charge in [0.2, 0.25) is 5.91 Å². The second kappa shape index (κ2) is 6.20. The third-order valence-corrected chi connectivity index (χ3v) is 4.58. The maximum Gasteiger partial charge on any atom is 0.237 e. The summed E-state index contributed by atoms with van der Waals surface area (Å²) in [4.78, 5) is 14.0. The Morgan fingerprint density at radius 2 is 2.21 bits per heavy atom. The SMILES string of the molecule is CCOC1CCCN(C2CCCC(N)(C(N)=O)C2)C1. The molecule has 1 saturated carbocycles. The maximum atomic E-state index is 11.5. The summed E-state index contributed by atoms with van der Waals surface area (Å²) < 4.78 is 5.74. The number of nitrogens with zero attached hydrogens (tertiary/aromatic N) is 1.